The van der Waals surface area contributed by atoms with E-state index < -0.39 is 10.5 Å². The molecule has 0 radical (unpaired) electrons. The minimum Gasteiger partial charge on any atom is -0.368 e. The lowest BCUT2D eigenvalue weighted by Crippen LogP contribution is -2.69. The first-order valence-corrected chi connectivity index (χ1v) is 14.0. The van der Waals surface area contributed by atoms with Gasteiger partial charge in [0.15, 0.2) is 0 Å². The Morgan fingerprint density at radius 3 is 1.86 bits per heavy atom. The fraction of sp³-hybridized carbons (Fsp3) is 0.714. The predicted molar refractivity (Wildman–Crippen MR) is 139 cm³/mol. The first kappa shape index (κ1) is 26.6. The van der Waals surface area contributed by atoms with Crippen LogP contribution in [0.2, 0.25) is 0 Å². The summed E-state index contributed by atoms with van der Waals surface area (Å²) >= 11 is 0. The molecule has 36 heavy (non-hydrogen) atoms. The van der Waals surface area contributed by atoms with Crippen molar-refractivity contribution in [2.24, 2.45) is 17.6 Å². The Bertz CT molecular complexity index is 883. The Morgan fingerprint density at radius 1 is 0.889 bits per heavy atom. The van der Waals surface area contributed by atoms with Gasteiger partial charge in [-0.25, -0.2) is 0 Å². The average molecular weight is 499 g/mol. The lowest BCUT2D eigenvalue weighted by molar-refractivity contribution is -0.384. The smallest absolute Gasteiger partial charge is 0.269 e. The summed E-state index contributed by atoms with van der Waals surface area (Å²) < 4.78 is 0. The van der Waals surface area contributed by atoms with Crippen LogP contribution in [0.3, 0.4) is 0 Å². The summed E-state index contributed by atoms with van der Waals surface area (Å²) in [5, 5.41) is 11.2. The standard InChI is InChI=1S/C28H42N4O4/c29-27(34)28(23-10-4-1-5-11-23,24-12-6-2-7-13-24)31(21-20-30-18-8-3-9-19-30)26(33)22-14-16-25(17-15-22)32(35)36/h14-17,23-24H,1-13,18-21H2,(H2,29,34). The molecule has 0 atom stereocenters. The summed E-state index contributed by atoms with van der Waals surface area (Å²) in [5.41, 5.74) is 5.71. The summed E-state index contributed by atoms with van der Waals surface area (Å²) in [4.78, 5) is 43.0. The summed E-state index contributed by atoms with van der Waals surface area (Å²) in [7, 11) is 0. The van der Waals surface area contributed by atoms with Gasteiger partial charge < -0.3 is 15.5 Å². The number of hydrogen-bond donors (Lipinski definition) is 1. The van der Waals surface area contributed by atoms with Gasteiger partial charge in [-0.05, 0) is 75.6 Å². The molecule has 1 aliphatic heterocycles. The Hall–Kier alpha value is -2.48. The first-order chi connectivity index (χ1) is 17.4. The molecule has 1 saturated heterocycles. The highest BCUT2D eigenvalue weighted by Crippen LogP contribution is 2.47. The van der Waals surface area contributed by atoms with Gasteiger partial charge in [0.05, 0.1) is 4.92 Å². The fourth-order valence-corrected chi connectivity index (χ4v) is 7.16. The van der Waals surface area contributed by atoms with Crippen LogP contribution in [0.5, 0.6) is 0 Å². The van der Waals surface area contributed by atoms with E-state index in [4.69, 9.17) is 5.73 Å². The topological polar surface area (TPSA) is 110 Å². The highest BCUT2D eigenvalue weighted by Gasteiger charge is 2.56. The van der Waals surface area contributed by atoms with Crippen molar-refractivity contribution >= 4 is 17.5 Å². The largest absolute Gasteiger partial charge is 0.368 e. The molecule has 8 nitrogen and oxygen atoms in total. The van der Waals surface area contributed by atoms with E-state index in [1.807, 2.05) is 4.90 Å². The van der Waals surface area contributed by atoms with Crippen LogP contribution in [0.25, 0.3) is 0 Å². The van der Waals surface area contributed by atoms with E-state index in [1.165, 1.54) is 30.7 Å². The lowest BCUT2D eigenvalue weighted by Gasteiger charge is -2.53. The summed E-state index contributed by atoms with van der Waals surface area (Å²) in [5.74, 6) is -0.488. The molecular weight excluding hydrogens is 456 g/mol. The van der Waals surface area contributed by atoms with Crippen LogP contribution in [0.1, 0.15) is 93.8 Å². The molecule has 2 amide bonds. The van der Waals surface area contributed by atoms with Crippen LogP contribution in [0, 0.1) is 22.0 Å². The van der Waals surface area contributed by atoms with Gasteiger partial charge in [0.2, 0.25) is 5.91 Å². The second-order valence-corrected chi connectivity index (χ2v) is 11.0. The maximum atomic E-state index is 14.3. The third kappa shape index (κ3) is 5.58. The lowest BCUT2D eigenvalue weighted by atomic mass is 9.62. The summed E-state index contributed by atoms with van der Waals surface area (Å²) in [6.45, 7) is 3.19. The molecule has 0 bridgehead atoms. The number of likely N-dealkylation sites (tertiary alicyclic amines) is 1. The predicted octanol–water partition coefficient (Wildman–Crippen LogP) is 4.91. The van der Waals surface area contributed by atoms with Gasteiger partial charge in [0, 0.05) is 30.8 Å². The molecule has 198 valence electrons. The number of amides is 2. The fourth-order valence-electron chi connectivity index (χ4n) is 7.16. The van der Waals surface area contributed by atoms with E-state index >= 15 is 0 Å². The van der Waals surface area contributed by atoms with E-state index in [0.29, 0.717) is 18.7 Å². The number of nitrogens with zero attached hydrogens (tertiary/aromatic N) is 3. The zero-order valence-electron chi connectivity index (χ0n) is 21.5. The van der Waals surface area contributed by atoms with Gasteiger partial charge in [-0.2, -0.15) is 0 Å². The van der Waals surface area contributed by atoms with Crippen molar-refractivity contribution in [1.29, 1.82) is 0 Å². The zero-order valence-corrected chi connectivity index (χ0v) is 21.5. The van der Waals surface area contributed by atoms with Crippen LogP contribution >= 0.6 is 0 Å². The van der Waals surface area contributed by atoms with Gasteiger partial charge in [-0.1, -0.05) is 44.9 Å². The van der Waals surface area contributed by atoms with Crippen molar-refractivity contribution in [3.8, 4) is 0 Å². The molecule has 0 aromatic heterocycles. The second kappa shape index (κ2) is 12.2. The monoisotopic (exact) mass is 498 g/mol. The van der Waals surface area contributed by atoms with E-state index in [9.17, 15) is 19.7 Å². The molecule has 1 aromatic carbocycles. The number of hydrogen-bond acceptors (Lipinski definition) is 5. The molecule has 0 spiro atoms. The van der Waals surface area contributed by atoms with Crippen LogP contribution in [-0.2, 0) is 4.79 Å². The van der Waals surface area contributed by atoms with E-state index in [2.05, 4.69) is 4.90 Å². The molecule has 4 rings (SSSR count). The van der Waals surface area contributed by atoms with E-state index in [1.54, 1.807) is 0 Å². The first-order valence-electron chi connectivity index (χ1n) is 14.0. The van der Waals surface area contributed by atoms with Gasteiger partial charge in [-0.15, -0.1) is 0 Å². The van der Waals surface area contributed by atoms with Gasteiger partial charge in [0.25, 0.3) is 11.6 Å². The SMILES string of the molecule is NC(=O)C(C1CCCCC1)(C1CCCCC1)N(CCN1CCCCC1)C(=O)c1ccc([N+](=O)[O-])cc1. The molecule has 1 heterocycles. The molecule has 2 aliphatic carbocycles. The molecule has 0 unspecified atom stereocenters. The summed E-state index contributed by atoms with van der Waals surface area (Å²) in [6, 6.07) is 5.82. The number of rotatable bonds is 9. The maximum absolute atomic E-state index is 14.3. The highest BCUT2D eigenvalue weighted by molar-refractivity contribution is 5.99. The molecular formula is C28H42N4O4. The number of nitro groups is 1. The number of piperidine rings is 1. The molecule has 8 heteroatoms. The van der Waals surface area contributed by atoms with Gasteiger partial charge in [0.1, 0.15) is 5.54 Å². The highest BCUT2D eigenvalue weighted by atomic mass is 16.6. The van der Waals surface area contributed by atoms with Gasteiger partial charge >= 0.3 is 0 Å². The van der Waals surface area contributed by atoms with Gasteiger partial charge in [-0.3, -0.25) is 19.7 Å². The second-order valence-electron chi connectivity index (χ2n) is 11.0. The van der Waals surface area contributed by atoms with Crippen molar-refractivity contribution in [1.82, 2.24) is 9.80 Å². The van der Waals surface area contributed by atoms with Crippen LogP contribution in [-0.4, -0.2) is 58.3 Å². The van der Waals surface area contributed by atoms with Crippen molar-refractivity contribution in [3.05, 3.63) is 39.9 Å². The summed E-state index contributed by atoms with van der Waals surface area (Å²) in [6.07, 6.45) is 13.7. The molecule has 1 aromatic rings. The average Bonchev–Trinajstić information content (AvgIpc) is 2.92. The normalized spacial score (nSPS) is 20.7. The van der Waals surface area contributed by atoms with Crippen molar-refractivity contribution < 1.29 is 14.5 Å². The number of non-ortho nitro benzene ring substituents is 1. The van der Waals surface area contributed by atoms with Crippen LogP contribution in [0.15, 0.2) is 24.3 Å². The molecule has 3 aliphatic rings. The Labute approximate surface area is 214 Å². The van der Waals surface area contributed by atoms with E-state index in [0.717, 1.165) is 90.1 Å². The Morgan fingerprint density at radius 2 is 1.39 bits per heavy atom. The van der Waals surface area contributed by atoms with Crippen molar-refractivity contribution in [2.45, 2.75) is 89.0 Å². The quantitative estimate of drug-likeness (QED) is 0.384. The maximum Gasteiger partial charge on any atom is 0.269 e. The Balaban J connectivity index is 1.75. The minimum atomic E-state index is -1.02. The number of carbonyl (C=O) groups is 2. The number of nitro benzene ring substituents is 1. The number of benzene rings is 1. The molecule has 2 N–H and O–H groups in total. The number of carbonyl (C=O) groups excluding carboxylic acids is 2. The van der Waals surface area contributed by atoms with E-state index in [-0.39, 0.29) is 29.3 Å². The molecule has 2 saturated carbocycles. The molecule has 3 fully saturated rings. The van der Waals surface area contributed by atoms with Crippen LogP contribution in [0.4, 0.5) is 5.69 Å². The third-order valence-corrected chi connectivity index (χ3v) is 8.96. The number of nitrogens with two attached hydrogens (primary N) is 1. The van der Waals surface area contributed by atoms with Crippen LogP contribution < -0.4 is 5.73 Å². The third-order valence-electron chi connectivity index (χ3n) is 8.96. The number of primary amides is 1. The Kier molecular flexibility index (Phi) is 8.99. The minimum absolute atomic E-state index is 0.0489. The van der Waals surface area contributed by atoms with Crippen molar-refractivity contribution in [2.75, 3.05) is 26.2 Å². The van der Waals surface area contributed by atoms with Crippen molar-refractivity contribution in [3.63, 3.8) is 0 Å². The zero-order chi connectivity index (χ0) is 25.5.